The fourth-order valence-corrected chi connectivity index (χ4v) is 2.01. The Labute approximate surface area is 137 Å². The number of amides is 2. The first-order chi connectivity index (χ1) is 11.5. The molecule has 1 aromatic heterocycles. The number of aromatic nitrogens is 1. The van der Waals surface area contributed by atoms with E-state index in [0.717, 1.165) is 12.1 Å². The van der Waals surface area contributed by atoms with Crippen molar-refractivity contribution in [2.45, 2.75) is 12.6 Å². The van der Waals surface area contributed by atoms with Gasteiger partial charge in [-0.05, 0) is 23.8 Å². The number of halogens is 2. The molecular weight excluding hydrogens is 320 g/mol. The van der Waals surface area contributed by atoms with E-state index in [2.05, 4.69) is 15.6 Å². The first-order valence-corrected chi connectivity index (χ1v) is 7.14. The third kappa shape index (κ3) is 4.63. The van der Waals surface area contributed by atoms with Gasteiger partial charge in [-0.3, -0.25) is 0 Å². The summed E-state index contributed by atoms with van der Waals surface area (Å²) in [6.07, 6.45) is 0.416. The Kier molecular flexibility index (Phi) is 6.02. The maximum absolute atomic E-state index is 13.1. The molecule has 1 heterocycles. The summed E-state index contributed by atoms with van der Waals surface area (Å²) >= 11 is 0. The van der Waals surface area contributed by atoms with Gasteiger partial charge in [0.2, 0.25) is 5.88 Å². The molecule has 0 spiro atoms. The minimum atomic E-state index is -1.15. The van der Waals surface area contributed by atoms with Crippen LogP contribution in [0.5, 0.6) is 5.88 Å². The molecule has 0 fully saturated rings. The van der Waals surface area contributed by atoms with Crippen LogP contribution in [-0.2, 0) is 6.54 Å². The SMILES string of the molecule is COc1ncccc1CNC(=O)NC[C@@H](O)c1ccc(F)c(F)c1. The molecule has 2 amide bonds. The first-order valence-electron chi connectivity index (χ1n) is 7.14. The number of rotatable bonds is 6. The largest absolute Gasteiger partial charge is 0.481 e. The molecule has 0 aliphatic rings. The van der Waals surface area contributed by atoms with Crippen molar-refractivity contribution in [2.24, 2.45) is 0 Å². The second kappa shape index (κ2) is 8.21. The summed E-state index contributed by atoms with van der Waals surface area (Å²) in [5.74, 6) is -1.65. The normalized spacial score (nSPS) is 11.7. The topological polar surface area (TPSA) is 83.5 Å². The number of nitrogens with zero attached hydrogens (tertiary/aromatic N) is 1. The number of pyridine rings is 1. The Morgan fingerprint density at radius 1 is 1.29 bits per heavy atom. The highest BCUT2D eigenvalue weighted by atomic mass is 19.2. The van der Waals surface area contributed by atoms with E-state index >= 15 is 0 Å². The van der Waals surface area contributed by atoms with Gasteiger partial charge in [0.1, 0.15) is 0 Å². The summed E-state index contributed by atoms with van der Waals surface area (Å²) in [6.45, 7) is 0.0329. The number of carbonyl (C=O) groups excluding carboxylic acids is 1. The molecule has 1 aromatic carbocycles. The fourth-order valence-electron chi connectivity index (χ4n) is 2.01. The molecule has 0 radical (unpaired) electrons. The third-order valence-corrected chi connectivity index (χ3v) is 3.27. The lowest BCUT2D eigenvalue weighted by molar-refractivity contribution is 0.172. The van der Waals surface area contributed by atoms with Crippen LogP contribution in [0.3, 0.4) is 0 Å². The summed E-state index contributed by atoms with van der Waals surface area (Å²) in [6, 6.07) is 6.00. The molecule has 0 bridgehead atoms. The van der Waals surface area contributed by atoms with Gasteiger partial charge < -0.3 is 20.5 Å². The number of hydrogen-bond donors (Lipinski definition) is 3. The number of carbonyl (C=O) groups is 1. The number of nitrogens with one attached hydrogen (secondary N) is 2. The number of aliphatic hydroxyl groups excluding tert-OH is 1. The average Bonchev–Trinajstić information content (AvgIpc) is 2.60. The van der Waals surface area contributed by atoms with E-state index in [-0.39, 0.29) is 18.7 Å². The van der Waals surface area contributed by atoms with Gasteiger partial charge in [0.15, 0.2) is 11.6 Å². The van der Waals surface area contributed by atoms with Gasteiger partial charge in [-0.25, -0.2) is 18.6 Å². The summed E-state index contributed by atoms with van der Waals surface area (Å²) < 4.78 is 31.0. The fraction of sp³-hybridized carbons (Fsp3) is 0.250. The molecule has 6 nitrogen and oxygen atoms in total. The van der Waals surface area contributed by atoms with E-state index in [1.54, 1.807) is 18.3 Å². The van der Waals surface area contributed by atoms with Crippen LogP contribution in [0.2, 0.25) is 0 Å². The Hall–Kier alpha value is -2.74. The van der Waals surface area contributed by atoms with Crippen LogP contribution in [0, 0.1) is 11.6 Å². The van der Waals surface area contributed by atoms with Gasteiger partial charge in [0, 0.05) is 24.8 Å². The third-order valence-electron chi connectivity index (χ3n) is 3.27. The molecule has 3 N–H and O–H groups in total. The van der Waals surface area contributed by atoms with Crippen LogP contribution >= 0.6 is 0 Å². The molecule has 0 saturated carbocycles. The zero-order chi connectivity index (χ0) is 17.5. The highest BCUT2D eigenvalue weighted by Gasteiger charge is 2.12. The van der Waals surface area contributed by atoms with Crippen LogP contribution in [0.1, 0.15) is 17.2 Å². The van der Waals surface area contributed by atoms with Crippen molar-refractivity contribution in [1.29, 1.82) is 0 Å². The number of methoxy groups -OCH3 is 1. The lowest BCUT2D eigenvalue weighted by Gasteiger charge is -2.13. The lowest BCUT2D eigenvalue weighted by Crippen LogP contribution is -2.37. The van der Waals surface area contributed by atoms with Crippen molar-refractivity contribution in [2.75, 3.05) is 13.7 Å². The number of hydrogen-bond acceptors (Lipinski definition) is 4. The van der Waals surface area contributed by atoms with Gasteiger partial charge in [0.25, 0.3) is 0 Å². The molecule has 0 aliphatic carbocycles. The molecule has 2 rings (SSSR count). The van der Waals surface area contributed by atoms with Crippen molar-refractivity contribution >= 4 is 6.03 Å². The van der Waals surface area contributed by atoms with Crippen molar-refractivity contribution in [3.8, 4) is 5.88 Å². The van der Waals surface area contributed by atoms with Crippen molar-refractivity contribution < 1.29 is 23.4 Å². The molecule has 2 aromatic rings. The van der Waals surface area contributed by atoms with Gasteiger partial charge in [-0.1, -0.05) is 12.1 Å². The molecule has 128 valence electrons. The Balaban J connectivity index is 1.83. The van der Waals surface area contributed by atoms with E-state index in [0.29, 0.717) is 11.4 Å². The van der Waals surface area contributed by atoms with Gasteiger partial charge in [-0.15, -0.1) is 0 Å². The van der Waals surface area contributed by atoms with Crippen LogP contribution in [0.25, 0.3) is 0 Å². The van der Waals surface area contributed by atoms with E-state index in [1.807, 2.05) is 0 Å². The van der Waals surface area contributed by atoms with Crippen molar-refractivity contribution in [1.82, 2.24) is 15.6 Å². The molecule has 0 saturated heterocycles. The van der Waals surface area contributed by atoms with Crippen LogP contribution in [-0.4, -0.2) is 29.8 Å². The Morgan fingerprint density at radius 3 is 2.79 bits per heavy atom. The van der Waals surface area contributed by atoms with Crippen molar-refractivity contribution in [3.05, 3.63) is 59.3 Å². The molecule has 0 aliphatic heterocycles. The highest BCUT2D eigenvalue weighted by Crippen LogP contribution is 2.16. The second-order valence-corrected chi connectivity index (χ2v) is 4.92. The number of ether oxygens (including phenoxy) is 1. The molecular formula is C16H17F2N3O3. The standard InChI is InChI=1S/C16H17F2N3O3/c1-24-15-11(3-2-6-19-15)8-20-16(23)21-9-14(22)10-4-5-12(17)13(18)7-10/h2-7,14,22H,8-9H2,1H3,(H2,20,21,23)/t14-/m1/s1. The monoisotopic (exact) mass is 337 g/mol. The first kappa shape index (κ1) is 17.6. The zero-order valence-corrected chi connectivity index (χ0v) is 12.9. The summed E-state index contributed by atoms with van der Waals surface area (Å²) in [4.78, 5) is 15.7. The second-order valence-electron chi connectivity index (χ2n) is 4.92. The molecule has 0 unspecified atom stereocenters. The van der Waals surface area contributed by atoms with E-state index in [4.69, 9.17) is 4.74 Å². The molecule has 24 heavy (non-hydrogen) atoms. The average molecular weight is 337 g/mol. The Bertz CT molecular complexity index is 713. The highest BCUT2D eigenvalue weighted by molar-refractivity contribution is 5.73. The van der Waals surface area contributed by atoms with Gasteiger partial charge in [-0.2, -0.15) is 0 Å². The maximum Gasteiger partial charge on any atom is 0.315 e. The number of urea groups is 1. The van der Waals surface area contributed by atoms with E-state index in [1.165, 1.54) is 13.2 Å². The van der Waals surface area contributed by atoms with Crippen molar-refractivity contribution in [3.63, 3.8) is 0 Å². The van der Waals surface area contributed by atoms with Crippen LogP contribution in [0.4, 0.5) is 13.6 Å². The van der Waals surface area contributed by atoms with Gasteiger partial charge in [0.05, 0.1) is 13.2 Å². The number of aliphatic hydroxyl groups is 1. The predicted octanol–water partition coefficient (Wildman–Crippen LogP) is 1.90. The van der Waals surface area contributed by atoms with Gasteiger partial charge >= 0.3 is 6.03 Å². The minimum absolute atomic E-state index is 0.152. The summed E-state index contributed by atoms with van der Waals surface area (Å²) in [5, 5.41) is 14.9. The van der Waals surface area contributed by atoms with E-state index in [9.17, 15) is 18.7 Å². The maximum atomic E-state index is 13.1. The molecule has 1 atom stereocenters. The summed E-state index contributed by atoms with van der Waals surface area (Å²) in [7, 11) is 1.48. The molecule has 8 heteroatoms. The minimum Gasteiger partial charge on any atom is -0.481 e. The van der Waals surface area contributed by atoms with Crippen LogP contribution < -0.4 is 15.4 Å². The quantitative estimate of drug-likeness (QED) is 0.752. The van der Waals surface area contributed by atoms with E-state index < -0.39 is 23.8 Å². The Morgan fingerprint density at radius 2 is 2.08 bits per heavy atom. The van der Waals surface area contributed by atoms with Crippen LogP contribution in [0.15, 0.2) is 36.5 Å². The zero-order valence-electron chi connectivity index (χ0n) is 12.9. The smallest absolute Gasteiger partial charge is 0.315 e. The lowest BCUT2D eigenvalue weighted by atomic mass is 10.1. The summed E-state index contributed by atoms with van der Waals surface area (Å²) in [5.41, 5.74) is 0.861. The predicted molar refractivity (Wildman–Crippen MR) is 82.3 cm³/mol. The number of benzene rings is 1.